The fourth-order valence-corrected chi connectivity index (χ4v) is 2.81. The van der Waals surface area contributed by atoms with Crippen molar-refractivity contribution in [2.45, 2.75) is 13.8 Å². The van der Waals surface area contributed by atoms with Crippen LogP contribution in [0.1, 0.15) is 23.2 Å². The average molecular weight is 357 g/mol. The quantitative estimate of drug-likeness (QED) is 0.909. The molecule has 2 heterocycles. The summed E-state index contributed by atoms with van der Waals surface area (Å²) in [6, 6.07) is 7.45. The first-order valence-corrected chi connectivity index (χ1v) is 8.35. The molecule has 2 aromatic rings. The lowest BCUT2D eigenvalue weighted by Gasteiger charge is -2.34. The summed E-state index contributed by atoms with van der Waals surface area (Å²) in [5.41, 5.74) is 0.955. The van der Waals surface area contributed by atoms with Gasteiger partial charge in [0.05, 0.1) is 0 Å². The van der Waals surface area contributed by atoms with E-state index >= 15 is 0 Å². The maximum atomic E-state index is 13.0. The maximum absolute atomic E-state index is 13.0. The first-order chi connectivity index (χ1) is 12.4. The van der Waals surface area contributed by atoms with Crippen molar-refractivity contribution in [3.63, 3.8) is 0 Å². The smallest absolute Gasteiger partial charge is 0.272 e. The number of anilines is 2. The SMILES string of the molecule is CC(=O)N1CCN(C(=O)c2cc(Nc3ccc(F)cc3)nc(C)n2)CC1. The van der Waals surface area contributed by atoms with Gasteiger partial charge in [-0.15, -0.1) is 0 Å². The van der Waals surface area contributed by atoms with Crippen molar-refractivity contribution >= 4 is 23.3 Å². The van der Waals surface area contributed by atoms with Gasteiger partial charge in [0.15, 0.2) is 0 Å². The Hall–Kier alpha value is -3.03. The third-order valence-corrected chi connectivity index (χ3v) is 4.19. The number of benzene rings is 1. The number of aryl methyl sites for hydroxylation is 1. The number of hydrogen-bond donors (Lipinski definition) is 1. The number of carbonyl (C=O) groups excluding carboxylic acids is 2. The molecule has 0 bridgehead atoms. The van der Waals surface area contributed by atoms with Gasteiger partial charge in [0, 0.05) is 44.9 Å². The highest BCUT2D eigenvalue weighted by molar-refractivity contribution is 5.93. The van der Waals surface area contributed by atoms with Crippen molar-refractivity contribution in [1.29, 1.82) is 0 Å². The van der Waals surface area contributed by atoms with Crippen LogP contribution < -0.4 is 5.32 Å². The van der Waals surface area contributed by atoms with E-state index < -0.39 is 0 Å². The highest BCUT2D eigenvalue weighted by Crippen LogP contribution is 2.17. The molecule has 2 amide bonds. The summed E-state index contributed by atoms with van der Waals surface area (Å²) in [5.74, 6) is 0.425. The summed E-state index contributed by atoms with van der Waals surface area (Å²) in [6.07, 6.45) is 0. The molecule has 0 saturated carbocycles. The fraction of sp³-hybridized carbons (Fsp3) is 0.333. The third kappa shape index (κ3) is 4.14. The van der Waals surface area contributed by atoms with Gasteiger partial charge in [0.1, 0.15) is 23.2 Å². The molecule has 1 saturated heterocycles. The van der Waals surface area contributed by atoms with E-state index in [9.17, 15) is 14.0 Å². The molecule has 0 atom stereocenters. The predicted molar refractivity (Wildman–Crippen MR) is 94.6 cm³/mol. The highest BCUT2D eigenvalue weighted by atomic mass is 19.1. The third-order valence-electron chi connectivity index (χ3n) is 4.19. The Kier molecular flexibility index (Phi) is 5.11. The Morgan fingerprint density at radius 3 is 2.27 bits per heavy atom. The second kappa shape index (κ2) is 7.47. The van der Waals surface area contributed by atoms with E-state index in [4.69, 9.17) is 0 Å². The Labute approximate surface area is 150 Å². The summed E-state index contributed by atoms with van der Waals surface area (Å²) in [5, 5.41) is 3.05. The van der Waals surface area contributed by atoms with E-state index in [-0.39, 0.29) is 17.6 Å². The summed E-state index contributed by atoms with van der Waals surface area (Å²) >= 11 is 0. The molecule has 1 aromatic carbocycles. The number of aromatic nitrogens is 2. The van der Waals surface area contributed by atoms with Crippen molar-refractivity contribution in [3.05, 3.63) is 47.7 Å². The van der Waals surface area contributed by atoms with E-state index in [1.807, 2.05) is 0 Å². The van der Waals surface area contributed by atoms with Crippen LogP contribution in [0.4, 0.5) is 15.9 Å². The minimum atomic E-state index is -0.324. The topological polar surface area (TPSA) is 78.4 Å². The van der Waals surface area contributed by atoms with Gasteiger partial charge in [-0.2, -0.15) is 0 Å². The van der Waals surface area contributed by atoms with Gasteiger partial charge in [0.2, 0.25) is 5.91 Å². The van der Waals surface area contributed by atoms with Gasteiger partial charge < -0.3 is 15.1 Å². The molecule has 1 N–H and O–H groups in total. The summed E-state index contributed by atoms with van der Waals surface area (Å²) < 4.78 is 13.0. The zero-order chi connectivity index (χ0) is 18.7. The minimum Gasteiger partial charge on any atom is -0.340 e. The number of nitrogens with one attached hydrogen (secondary N) is 1. The number of carbonyl (C=O) groups is 2. The molecule has 8 heteroatoms. The van der Waals surface area contributed by atoms with Gasteiger partial charge in [-0.25, -0.2) is 14.4 Å². The molecular formula is C18H20FN5O2. The number of amides is 2. The molecule has 1 fully saturated rings. The molecular weight excluding hydrogens is 337 g/mol. The average Bonchev–Trinajstić information content (AvgIpc) is 2.62. The number of nitrogens with zero attached hydrogens (tertiary/aromatic N) is 4. The van der Waals surface area contributed by atoms with Crippen LogP contribution >= 0.6 is 0 Å². The Morgan fingerprint density at radius 2 is 1.65 bits per heavy atom. The second-order valence-corrected chi connectivity index (χ2v) is 6.12. The summed E-state index contributed by atoms with van der Waals surface area (Å²) in [7, 11) is 0. The highest BCUT2D eigenvalue weighted by Gasteiger charge is 2.24. The summed E-state index contributed by atoms with van der Waals surface area (Å²) in [4.78, 5) is 36.0. The van der Waals surface area contributed by atoms with E-state index in [1.54, 1.807) is 34.9 Å². The zero-order valence-corrected chi connectivity index (χ0v) is 14.7. The molecule has 1 aliphatic rings. The zero-order valence-electron chi connectivity index (χ0n) is 14.7. The lowest BCUT2D eigenvalue weighted by atomic mass is 10.2. The number of piperazine rings is 1. The van der Waals surface area contributed by atoms with Gasteiger partial charge in [0.25, 0.3) is 5.91 Å². The van der Waals surface area contributed by atoms with Crippen molar-refractivity contribution in [3.8, 4) is 0 Å². The molecule has 0 radical (unpaired) electrons. The van der Waals surface area contributed by atoms with Crippen molar-refractivity contribution < 1.29 is 14.0 Å². The number of hydrogen-bond acceptors (Lipinski definition) is 5. The largest absolute Gasteiger partial charge is 0.340 e. The van der Waals surface area contributed by atoms with Crippen LogP contribution in [0.3, 0.4) is 0 Å². The molecule has 0 spiro atoms. The van der Waals surface area contributed by atoms with Crippen LogP contribution in [0.2, 0.25) is 0 Å². The van der Waals surface area contributed by atoms with Crippen molar-refractivity contribution in [2.24, 2.45) is 0 Å². The van der Waals surface area contributed by atoms with Crippen LogP contribution in [0.5, 0.6) is 0 Å². The second-order valence-electron chi connectivity index (χ2n) is 6.12. The minimum absolute atomic E-state index is 0.0146. The number of halogens is 1. The van der Waals surface area contributed by atoms with Crippen molar-refractivity contribution in [1.82, 2.24) is 19.8 Å². The molecule has 0 unspecified atom stereocenters. The van der Waals surface area contributed by atoms with E-state index in [2.05, 4.69) is 15.3 Å². The van der Waals surface area contributed by atoms with Gasteiger partial charge >= 0.3 is 0 Å². The first kappa shape index (κ1) is 17.8. The Balaban J connectivity index is 1.73. The molecule has 7 nitrogen and oxygen atoms in total. The Morgan fingerprint density at radius 1 is 1.04 bits per heavy atom. The monoisotopic (exact) mass is 357 g/mol. The van der Waals surface area contributed by atoms with Gasteiger partial charge in [-0.1, -0.05) is 0 Å². The molecule has 1 aromatic heterocycles. The van der Waals surface area contributed by atoms with Crippen LogP contribution in [0.25, 0.3) is 0 Å². The number of rotatable bonds is 3. The standard InChI is InChI=1S/C18H20FN5O2/c1-12-20-16(18(26)24-9-7-23(8-10-24)13(2)25)11-17(21-12)22-15-5-3-14(19)4-6-15/h3-6,11H,7-10H2,1-2H3,(H,20,21,22). The Bertz CT molecular complexity index is 817. The predicted octanol–water partition coefficient (Wildman–Crippen LogP) is 1.97. The lowest BCUT2D eigenvalue weighted by Crippen LogP contribution is -2.50. The van der Waals surface area contributed by atoms with Crippen LogP contribution in [0, 0.1) is 12.7 Å². The summed E-state index contributed by atoms with van der Waals surface area (Å²) in [6.45, 7) is 5.22. The molecule has 3 rings (SSSR count). The van der Waals surface area contributed by atoms with E-state index in [0.717, 1.165) is 0 Å². The van der Waals surface area contributed by atoms with Crippen LogP contribution in [0.15, 0.2) is 30.3 Å². The molecule has 1 aliphatic heterocycles. The maximum Gasteiger partial charge on any atom is 0.272 e. The molecule has 0 aliphatic carbocycles. The van der Waals surface area contributed by atoms with Gasteiger partial charge in [-0.05, 0) is 31.2 Å². The lowest BCUT2D eigenvalue weighted by molar-refractivity contribution is -0.130. The van der Waals surface area contributed by atoms with Crippen LogP contribution in [-0.4, -0.2) is 57.8 Å². The van der Waals surface area contributed by atoms with Crippen LogP contribution in [-0.2, 0) is 4.79 Å². The fourth-order valence-electron chi connectivity index (χ4n) is 2.81. The van der Waals surface area contributed by atoms with E-state index in [0.29, 0.717) is 49.2 Å². The van der Waals surface area contributed by atoms with E-state index in [1.165, 1.54) is 19.1 Å². The van der Waals surface area contributed by atoms with Gasteiger partial charge in [-0.3, -0.25) is 9.59 Å². The molecule has 136 valence electrons. The molecule has 26 heavy (non-hydrogen) atoms. The normalized spacial score (nSPS) is 14.3. The van der Waals surface area contributed by atoms with Crippen molar-refractivity contribution in [2.75, 3.05) is 31.5 Å². The first-order valence-electron chi connectivity index (χ1n) is 8.35.